The molecule has 0 spiro atoms. The van der Waals surface area contributed by atoms with Crippen LogP contribution in [-0.2, 0) is 24.8 Å². The number of benzene rings is 3. The Hall–Kier alpha value is -3.49. The van der Waals surface area contributed by atoms with Gasteiger partial charge >= 0.3 is 0 Å². The number of hydrogen-bond acceptors (Lipinski definition) is 8. The SMILES string of the molecule is Cc1ccc(S(=O)(=O)Nc2ccc3c(c2)C(=O)N([C@H](C)CO)C[C@H](C)[C@H](CN(C)S(=O)(=O)c2ccccc2)OCCCC[C@@H](C)O3)cc1. The van der Waals surface area contributed by atoms with Crippen LogP contribution in [0.5, 0.6) is 5.75 Å². The lowest BCUT2D eigenvalue weighted by Gasteiger charge is -2.35. The zero-order chi connectivity index (χ0) is 35.1. The van der Waals surface area contributed by atoms with Crippen molar-refractivity contribution < 1.29 is 36.2 Å². The minimum Gasteiger partial charge on any atom is -0.490 e. The molecule has 11 nitrogen and oxygen atoms in total. The normalized spacial score (nSPS) is 20.8. The molecule has 0 bridgehead atoms. The lowest BCUT2D eigenvalue weighted by atomic mass is 10.0. The lowest BCUT2D eigenvalue weighted by Crippen LogP contribution is -2.48. The van der Waals surface area contributed by atoms with Gasteiger partial charge in [0.2, 0.25) is 10.0 Å². The van der Waals surface area contributed by atoms with Gasteiger partial charge in [0.1, 0.15) is 5.75 Å². The maximum absolute atomic E-state index is 14.4. The van der Waals surface area contributed by atoms with Crippen LogP contribution in [-0.4, -0.2) is 88.7 Å². The van der Waals surface area contributed by atoms with Crippen LogP contribution in [0.25, 0.3) is 0 Å². The number of rotatable bonds is 9. The maximum Gasteiger partial charge on any atom is 0.261 e. The number of fused-ring (bicyclic) bond motifs is 1. The Morgan fingerprint density at radius 3 is 2.33 bits per heavy atom. The summed E-state index contributed by atoms with van der Waals surface area (Å²) < 4.78 is 69.5. The zero-order valence-corrected chi connectivity index (χ0v) is 29.8. The van der Waals surface area contributed by atoms with E-state index < -0.39 is 38.1 Å². The Balaban J connectivity index is 1.68. The Bertz CT molecular complexity index is 1740. The standard InChI is InChI=1S/C35H47N3O8S2/c1-25-14-17-30(18-15-25)47(41,42)36-29-16-19-33-32(21-29)35(40)38(27(3)24-39)22-26(2)34(45-20-10-9-11-28(4)46-33)23-37(5)48(43,44)31-12-7-6-8-13-31/h6-8,12-19,21,26-28,34,36,39H,9-11,20,22-24H2,1-5H3/t26-,27+,28+,34-/m0/s1. The molecule has 0 saturated heterocycles. The fourth-order valence-corrected chi connectivity index (χ4v) is 7.76. The molecule has 4 rings (SSSR count). The van der Waals surface area contributed by atoms with E-state index in [2.05, 4.69) is 4.72 Å². The summed E-state index contributed by atoms with van der Waals surface area (Å²) in [5, 5.41) is 10.2. The molecule has 3 aromatic rings. The molecule has 0 aliphatic carbocycles. The topological polar surface area (TPSA) is 143 Å². The highest BCUT2D eigenvalue weighted by atomic mass is 32.2. The highest BCUT2D eigenvalue weighted by Crippen LogP contribution is 2.30. The first-order valence-corrected chi connectivity index (χ1v) is 19.1. The van der Waals surface area contributed by atoms with E-state index in [1.54, 1.807) is 61.5 Å². The van der Waals surface area contributed by atoms with Crippen molar-refractivity contribution in [3.63, 3.8) is 0 Å². The first-order valence-electron chi connectivity index (χ1n) is 16.2. The number of amides is 1. The summed E-state index contributed by atoms with van der Waals surface area (Å²) in [6.07, 6.45) is 1.31. The number of carbonyl (C=O) groups is 1. The van der Waals surface area contributed by atoms with E-state index >= 15 is 0 Å². The van der Waals surface area contributed by atoms with Crippen molar-refractivity contribution in [1.29, 1.82) is 0 Å². The van der Waals surface area contributed by atoms with Crippen molar-refractivity contribution in [3.8, 4) is 5.75 Å². The van der Waals surface area contributed by atoms with Crippen LogP contribution >= 0.6 is 0 Å². The molecule has 2 N–H and O–H groups in total. The van der Waals surface area contributed by atoms with Gasteiger partial charge in [0.25, 0.3) is 15.9 Å². The molecule has 262 valence electrons. The summed E-state index contributed by atoms with van der Waals surface area (Å²) in [4.78, 5) is 16.1. The number of nitrogens with one attached hydrogen (secondary N) is 1. The summed E-state index contributed by atoms with van der Waals surface area (Å²) in [5.41, 5.74) is 1.23. The molecule has 1 aliphatic rings. The molecule has 3 aromatic carbocycles. The van der Waals surface area contributed by atoms with Gasteiger partial charge in [-0.3, -0.25) is 9.52 Å². The van der Waals surface area contributed by atoms with Gasteiger partial charge in [-0.25, -0.2) is 16.8 Å². The second kappa shape index (κ2) is 16.3. The third-order valence-electron chi connectivity index (χ3n) is 8.52. The van der Waals surface area contributed by atoms with Gasteiger partial charge in [-0.1, -0.05) is 42.8 Å². The fourth-order valence-electron chi connectivity index (χ4n) is 5.50. The second-order valence-electron chi connectivity index (χ2n) is 12.5. The number of sulfonamides is 2. The molecule has 13 heteroatoms. The molecule has 1 amide bonds. The Kier molecular flexibility index (Phi) is 12.7. The van der Waals surface area contributed by atoms with Crippen molar-refractivity contribution in [2.24, 2.45) is 5.92 Å². The molecule has 1 aliphatic heterocycles. The van der Waals surface area contributed by atoms with E-state index in [1.807, 2.05) is 20.8 Å². The third-order valence-corrected chi connectivity index (χ3v) is 11.8. The van der Waals surface area contributed by atoms with Gasteiger partial charge in [-0.2, -0.15) is 4.31 Å². The summed E-state index contributed by atoms with van der Waals surface area (Å²) in [6.45, 7) is 7.59. The highest BCUT2D eigenvalue weighted by molar-refractivity contribution is 7.92. The van der Waals surface area contributed by atoms with Gasteiger partial charge in [0.05, 0.1) is 40.2 Å². The van der Waals surface area contributed by atoms with E-state index in [0.717, 1.165) is 12.0 Å². The number of likely N-dealkylation sites (N-methyl/N-ethyl adjacent to an activating group) is 1. The molecule has 48 heavy (non-hydrogen) atoms. The number of hydrogen-bond donors (Lipinski definition) is 2. The van der Waals surface area contributed by atoms with Crippen molar-refractivity contribution in [3.05, 3.63) is 83.9 Å². The van der Waals surface area contributed by atoms with Crippen LogP contribution in [0.3, 0.4) is 0 Å². The van der Waals surface area contributed by atoms with Gasteiger partial charge in [0, 0.05) is 38.3 Å². The number of anilines is 1. The molecule has 1 heterocycles. The fraction of sp³-hybridized carbons (Fsp3) is 0.457. The van der Waals surface area contributed by atoms with Crippen LogP contribution in [0.4, 0.5) is 5.69 Å². The molecule has 0 radical (unpaired) electrons. The average Bonchev–Trinajstić information content (AvgIpc) is 3.06. The lowest BCUT2D eigenvalue weighted by molar-refractivity contribution is -0.00833. The largest absolute Gasteiger partial charge is 0.490 e. The van der Waals surface area contributed by atoms with E-state index in [9.17, 15) is 26.7 Å². The Morgan fingerprint density at radius 1 is 0.979 bits per heavy atom. The monoisotopic (exact) mass is 701 g/mol. The first-order chi connectivity index (χ1) is 22.7. The van der Waals surface area contributed by atoms with E-state index in [4.69, 9.17) is 9.47 Å². The predicted octanol–water partition coefficient (Wildman–Crippen LogP) is 4.91. The van der Waals surface area contributed by atoms with Crippen LogP contribution in [0.2, 0.25) is 0 Å². The number of aryl methyl sites for hydroxylation is 1. The molecular weight excluding hydrogens is 655 g/mol. The summed E-state index contributed by atoms with van der Waals surface area (Å²) in [6, 6.07) is 18.6. The minimum absolute atomic E-state index is 0.0506. The summed E-state index contributed by atoms with van der Waals surface area (Å²) in [5.74, 6) is -0.527. The maximum atomic E-state index is 14.4. The number of carbonyl (C=O) groups excluding carboxylic acids is 1. The highest BCUT2D eigenvalue weighted by Gasteiger charge is 2.32. The van der Waals surface area contributed by atoms with E-state index in [0.29, 0.717) is 25.2 Å². The van der Waals surface area contributed by atoms with Crippen molar-refractivity contribution in [2.45, 2.75) is 75.0 Å². The van der Waals surface area contributed by atoms with Crippen LogP contribution in [0.15, 0.2) is 82.6 Å². The van der Waals surface area contributed by atoms with Crippen molar-refractivity contribution in [2.75, 3.05) is 38.1 Å². The molecule has 0 saturated carbocycles. The molecule has 0 fully saturated rings. The van der Waals surface area contributed by atoms with Crippen LogP contribution in [0, 0.1) is 12.8 Å². The van der Waals surface area contributed by atoms with Crippen molar-refractivity contribution >= 4 is 31.6 Å². The van der Waals surface area contributed by atoms with Crippen LogP contribution in [0.1, 0.15) is 56.0 Å². The summed E-state index contributed by atoms with van der Waals surface area (Å²) in [7, 11) is -6.24. The quantitative estimate of drug-likeness (QED) is 0.321. The molecule has 0 aromatic heterocycles. The van der Waals surface area contributed by atoms with E-state index in [-0.39, 0.29) is 52.8 Å². The number of nitrogens with zero attached hydrogens (tertiary/aromatic N) is 2. The van der Waals surface area contributed by atoms with E-state index in [1.165, 1.54) is 34.5 Å². The van der Waals surface area contributed by atoms with Crippen LogP contribution < -0.4 is 9.46 Å². The van der Waals surface area contributed by atoms with Gasteiger partial charge in [-0.05, 0) is 82.5 Å². The second-order valence-corrected chi connectivity index (χ2v) is 16.3. The molecular formula is C35H47N3O8S2. The molecule has 4 atom stereocenters. The number of aliphatic hydroxyl groups excluding tert-OH is 1. The Morgan fingerprint density at radius 2 is 1.67 bits per heavy atom. The minimum atomic E-state index is -3.95. The molecule has 0 unspecified atom stereocenters. The number of ether oxygens (including phenoxy) is 2. The Labute approximate surface area is 285 Å². The number of aliphatic hydroxyl groups is 1. The predicted molar refractivity (Wildman–Crippen MR) is 185 cm³/mol. The average molecular weight is 702 g/mol. The smallest absolute Gasteiger partial charge is 0.261 e. The van der Waals surface area contributed by atoms with Crippen molar-refractivity contribution in [1.82, 2.24) is 9.21 Å². The van der Waals surface area contributed by atoms with Gasteiger partial charge < -0.3 is 19.5 Å². The zero-order valence-electron chi connectivity index (χ0n) is 28.2. The third kappa shape index (κ3) is 9.35. The summed E-state index contributed by atoms with van der Waals surface area (Å²) >= 11 is 0. The first kappa shape index (κ1) is 37.3. The van der Waals surface area contributed by atoms with Gasteiger partial charge in [-0.15, -0.1) is 0 Å². The van der Waals surface area contributed by atoms with Gasteiger partial charge in [0.15, 0.2) is 0 Å².